The highest BCUT2D eigenvalue weighted by atomic mass is 19.4. The van der Waals surface area contributed by atoms with Crippen molar-refractivity contribution in [3.63, 3.8) is 0 Å². The Kier molecular flexibility index (Phi) is 3.58. The second-order valence-corrected chi connectivity index (χ2v) is 2.93. The van der Waals surface area contributed by atoms with Gasteiger partial charge in [-0.3, -0.25) is 10.1 Å². The maximum atomic E-state index is 12.4. The maximum Gasteiger partial charge on any atom is 0.416 e. The number of nitrogens with zero attached hydrogens (tertiary/aromatic N) is 1. The molecule has 0 bridgehead atoms. The first-order valence-corrected chi connectivity index (χ1v) is 4.28. The number of nitro groups is 1. The summed E-state index contributed by atoms with van der Waals surface area (Å²) >= 11 is 0. The smallest absolute Gasteiger partial charge is 0.416 e. The fraction of sp³-hybridized carbons (Fsp3) is 0.200. The Morgan fingerprint density at radius 3 is 2.59 bits per heavy atom. The Morgan fingerprint density at radius 2 is 2.12 bits per heavy atom. The van der Waals surface area contributed by atoms with Crippen molar-refractivity contribution >= 4 is 5.69 Å². The second kappa shape index (κ2) is 4.74. The molecule has 1 aromatic rings. The largest absolute Gasteiger partial charge is 0.474 e. The number of terminal acetylenes is 1. The molecule has 0 unspecified atom stereocenters. The molecule has 0 amide bonds. The van der Waals surface area contributed by atoms with E-state index in [1.54, 1.807) is 0 Å². The Balaban J connectivity index is 3.20. The van der Waals surface area contributed by atoms with Gasteiger partial charge in [-0.2, -0.15) is 13.2 Å². The zero-order valence-electron chi connectivity index (χ0n) is 8.32. The Labute approximate surface area is 94.2 Å². The van der Waals surface area contributed by atoms with Crippen LogP contribution in [0, 0.1) is 22.5 Å². The summed E-state index contributed by atoms with van der Waals surface area (Å²) < 4.78 is 41.8. The van der Waals surface area contributed by atoms with Crippen LogP contribution in [0.2, 0.25) is 0 Å². The van der Waals surface area contributed by atoms with Gasteiger partial charge in [-0.1, -0.05) is 5.92 Å². The molecule has 0 atom stereocenters. The van der Waals surface area contributed by atoms with Gasteiger partial charge >= 0.3 is 11.9 Å². The Bertz CT molecular complexity index is 477. The molecule has 0 aliphatic heterocycles. The van der Waals surface area contributed by atoms with E-state index >= 15 is 0 Å². The van der Waals surface area contributed by atoms with Crippen LogP contribution in [0.4, 0.5) is 18.9 Å². The standard InChI is InChI=1S/C10H6F3NO3/c1-2-5-17-9-6-7(10(11,12)13)3-4-8(9)14(15)16/h1,3-4,6H,5H2. The van der Waals surface area contributed by atoms with Crippen LogP contribution in [-0.4, -0.2) is 11.5 Å². The molecule has 0 saturated carbocycles. The summed E-state index contributed by atoms with van der Waals surface area (Å²) in [5.74, 6) is 1.52. The number of alkyl halides is 3. The molecule has 0 radical (unpaired) electrons. The number of hydrogen-bond donors (Lipinski definition) is 0. The number of ether oxygens (including phenoxy) is 1. The van der Waals surface area contributed by atoms with Crippen molar-refractivity contribution in [1.82, 2.24) is 0 Å². The number of rotatable bonds is 3. The van der Waals surface area contributed by atoms with Crippen LogP contribution in [0.3, 0.4) is 0 Å². The van der Waals surface area contributed by atoms with Crippen molar-refractivity contribution in [2.45, 2.75) is 6.18 Å². The number of halogens is 3. The first-order chi connectivity index (χ1) is 7.86. The van der Waals surface area contributed by atoms with Gasteiger partial charge in [0.05, 0.1) is 10.5 Å². The zero-order valence-corrected chi connectivity index (χ0v) is 8.32. The molecule has 7 heteroatoms. The minimum Gasteiger partial charge on any atom is -0.474 e. The van der Waals surface area contributed by atoms with Gasteiger partial charge in [-0.15, -0.1) is 6.42 Å². The fourth-order valence-corrected chi connectivity index (χ4v) is 1.08. The van der Waals surface area contributed by atoms with E-state index in [2.05, 4.69) is 0 Å². The predicted octanol–water partition coefficient (Wildman–Crippen LogP) is 2.63. The summed E-state index contributed by atoms with van der Waals surface area (Å²) in [5, 5.41) is 10.5. The molecule has 0 saturated heterocycles. The van der Waals surface area contributed by atoms with Crippen molar-refractivity contribution in [2.75, 3.05) is 6.61 Å². The van der Waals surface area contributed by atoms with Crippen LogP contribution in [-0.2, 0) is 6.18 Å². The molecule has 0 aliphatic carbocycles. The third kappa shape index (κ3) is 3.11. The summed E-state index contributed by atoms with van der Waals surface area (Å²) in [6.07, 6.45) is 0.265. The third-order valence-electron chi connectivity index (χ3n) is 1.79. The lowest BCUT2D eigenvalue weighted by Gasteiger charge is -2.09. The number of hydrogen-bond acceptors (Lipinski definition) is 3. The van der Waals surface area contributed by atoms with Crippen LogP contribution >= 0.6 is 0 Å². The molecule has 0 aromatic heterocycles. The van der Waals surface area contributed by atoms with E-state index < -0.39 is 28.1 Å². The molecule has 0 heterocycles. The van der Waals surface area contributed by atoms with E-state index in [4.69, 9.17) is 11.2 Å². The van der Waals surface area contributed by atoms with Gasteiger partial charge in [-0.25, -0.2) is 0 Å². The van der Waals surface area contributed by atoms with E-state index in [1.165, 1.54) is 0 Å². The topological polar surface area (TPSA) is 52.4 Å². The number of benzene rings is 1. The van der Waals surface area contributed by atoms with E-state index in [-0.39, 0.29) is 6.61 Å². The van der Waals surface area contributed by atoms with E-state index in [1.807, 2.05) is 5.92 Å². The van der Waals surface area contributed by atoms with Gasteiger partial charge in [0.15, 0.2) is 5.75 Å². The van der Waals surface area contributed by atoms with Crippen LogP contribution in [0.15, 0.2) is 18.2 Å². The van der Waals surface area contributed by atoms with E-state index in [0.29, 0.717) is 12.1 Å². The van der Waals surface area contributed by atoms with Crippen molar-refractivity contribution in [3.05, 3.63) is 33.9 Å². The highest BCUT2D eigenvalue weighted by Crippen LogP contribution is 2.35. The van der Waals surface area contributed by atoms with Gasteiger partial charge in [-0.05, 0) is 12.1 Å². The molecule has 0 spiro atoms. The van der Waals surface area contributed by atoms with Crippen LogP contribution in [0.5, 0.6) is 5.75 Å². The molecular weight excluding hydrogens is 239 g/mol. The minimum absolute atomic E-state index is 0.345. The van der Waals surface area contributed by atoms with E-state index in [9.17, 15) is 23.3 Å². The monoisotopic (exact) mass is 245 g/mol. The molecule has 17 heavy (non-hydrogen) atoms. The van der Waals surface area contributed by atoms with Crippen molar-refractivity contribution in [1.29, 1.82) is 0 Å². The first-order valence-electron chi connectivity index (χ1n) is 4.28. The molecule has 0 N–H and O–H groups in total. The van der Waals surface area contributed by atoms with Crippen LogP contribution in [0.25, 0.3) is 0 Å². The predicted molar refractivity (Wildman–Crippen MR) is 52.4 cm³/mol. The van der Waals surface area contributed by atoms with Gasteiger partial charge in [0.2, 0.25) is 0 Å². The lowest BCUT2D eigenvalue weighted by atomic mass is 10.2. The summed E-state index contributed by atoms with van der Waals surface area (Å²) in [7, 11) is 0. The number of nitro benzene ring substituents is 1. The highest BCUT2D eigenvalue weighted by molar-refractivity contribution is 5.49. The van der Waals surface area contributed by atoms with Gasteiger partial charge in [0.1, 0.15) is 6.61 Å². The zero-order chi connectivity index (χ0) is 13.1. The molecule has 1 rings (SSSR count). The molecule has 0 fully saturated rings. The fourth-order valence-electron chi connectivity index (χ4n) is 1.08. The highest BCUT2D eigenvalue weighted by Gasteiger charge is 2.32. The molecule has 1 aromatic carbocycles. The van der Waals surface area contributed by atoms with Crippen LogP contribution < -0.4 is 4.74 Å². The van der Waals surface area contributed by atoms with E-state index in [0.717, 1.165) is 6.07 Å². The van der Waals surface area contributed by atoms with Gasteiger partial charge < -0.3 is 4.74 Å². The third-order valence-corrected chi connectivity index (χ3v) is 1.79. The van der Waals surface area contributed by atoms with Crippen molar-refractivity contribution in [3.8, 4) is 18.1 Å². The van der Waals surface area contributed by atoms with Gasteiger partial charge in [0, 0.05) is 6.07 Å². The molecule has 4 nitrogen and oxygen atoms in total. The maximum absolute atomic E-state index is 12.4. The summed E-state index contributed by atoms with van der Waals surface area (Å²) in [6.45, 7) is -0.345. The van der Waals surface area contributed by atoms with Crippen molar-refractivity contribution in [2.24, 2.45) is 0 Å². The molecule has 90 valence electrons. The summed E-state index contributed by atoms with van der Waals surface area (Å²) in [4.78, 5) is 9.70. The van der Waals surface area contributed by atoms with Gasteiger partial charge in [0.25, 0.3) is 0 Å². The average Bonchev–Trinajstić information content (AvgIpc) is 2.24. The summed E-state index contributed by atoms with van der Waals surface area (Å²) in [6, 6.07) is 1.89. The van der Waals surface area contributed by atoms with Crippen LogP contribution in [0.1, 0.15) is 5.56 Å². The molecule has 0 aliphatic rings. The lowest BCUT2D eigenvalue weighted by Crippen LogP contribution is -2.07. The quantitative estimate of drug-likeness (QED) is 0.467. The minimum atomic E-state index is -4.59. The normalized spacial score (nSPS) is 10.7. The first kappa shape index (κ1) is 12.8. The van der Waals surface area contributed by atoms with Crippen molar-refractivity contribution < 1.29 is 22.8 Å². The second-order valence-electron chi connectivity index (χ2n) is 2.93. The Hall–Kier alpha value is -2.23. The Morgan fingerprint density at radius 1 is 1.47 bits per heavy atom. The SMILES string of the molecule is C#CCOc1cc(C(F)(F)F)ccc1[N+](=O)[O-]. The summed E-state index contributed by atoms with van der Waals surface area (Å²) in [5.41, 5.74) is -1.59. The molecular formula is C10H6F3NO3. The average molecular weight is 245 g/mol. The lowest BCUT2D eigenvalue weighted by molar-refractivity contribution is -0.385.